The van der Waals surface area contributed by atoms with Crippen LogP contribution in [0.15, 0.2) is 37.1 Å². The Morgan fingerprint density at radius 3 is 2.52 bits per heavy atom. The lowest BCUT2D eigenvalue weighted by Gasteiger charge is -2.43. The van der Waals surface area contributed by atoms with Crippen LogP contribution in [0.3, 0.4) is 0 Å². The number of imidazole rings is 1. The highest BCUT2D eigenvalue weighted by molar-refractivity contribution is 6.12. The number of aryl methyl sites for hydroxylation is 1. The average molecular weight is 449 g/mol. The summed E-state index contributed by atoms with van der Waals surface area (Å²) in [6.07, 6.45) is 7.99. The molecule has 4 aromatic rings. The third kappa shape index (κ3) is 3.76. The van der Waals surface area contributed by atoms with Gasteiger partial charge in [-0.3, -0.25) is 14.7 Å². The lowest BCUT2D eigenvalue weighted by molar-refractivity contribution is 0.102. The van der Waals surface area contributed by atoms with Crippen LogP contribution in [0.2, 0.25) is 0 Å². The van der Waals surface area contributed by atoms with Crippen LogP contribution in [0, 0.1) is 12.7 Å². The van der Waals surface area contributed by atoms with E-state index in [1.54, 1.807) is 36.1 Å². The summed E-state index contributed by atoms with van der Waals surface area (Å²) < 4.78 is 16.0. The second-order valence-corrected chi connectivity index (χ2v) is 8.66. The van der Waals surface area contributed by atoms with Crippen molar-refractivity contribution in [3.05, 3.63) is 54.1 Å². The topological polar surface area (TPSA) is 91.6 Å². The SMILES string of the molecule is Cc1cn2cc(NC(=O)c3cnc(N4C[C@@H](C)N(C)[C@H](C)C4)c4nccnc34)cc(F)c2n1. The van der Waals surface area contributed by atoms with Crippen molar-refractivity contribution in [2.24, 2.45) is 0 Å². The first-order valence-electron chi connectivity index (χ1n) is 10.8. The molecule has 0 radical (unpaired) electrons. The van der Waals surface area contributed by atoms with E-state index in [9.17, 15) is 9.18 Å². The van der Waals surface area contributed by atoms with Gasteiger partial charge in [0.05, 0.1) is 16.9 Å². The van der Waals surface area contributed by atoms with Crippen molar-refractivity contribution in [2.45, 2.75) is 32.9 Å². The molecule has 5 heterocycles. The zero-order chi connectivity index (χ0) is 23.3. The Labute approximate surface area is 190 Å². The molecule has 1 aliphatic rings. The first kappa shape index (κ1) is 21.2. The Morgan fingerprint density at radius 1 is 1.09 bits per heavy atom. The Hall–Kier alpha value is -3.66. The third-order valence-corrected chi connectivity index (χ3v) is 6.27. The van der Waals surface area contributed by atoms with Gasteiger partial charge in [-0.15, -0.1) is 0 Å². The van der Waals surface area contributed by atoms with E-state index >= 15 is 0 Å². The minimum Gasteiger partial charge on any atom is -0.352 e. The summed E-state index contributed by atoms with van der Waals surface area (Å²) in [6.45, 7) is 7.74. The number of pyridine rings is 2. The monoisotopic (exact) mass is 448 g/mol. The van der Waals surface area contributed by atoms with Crippen LogP contribution < -0.4 is 10.2 Å². The Bertz CT molecular complexity index is 1360. The molecule has 1 fully saturated rings. The summed E-state index contributed by atoms with van der Waals surface area (Å²) in [4.78, 5) is 35.3. The molecule has 10 heteroatoms. The van der Waals surface area contributed by atoms with Crippen LogP contribution in [0.1, 0.15) is 29.9 Å². The van der Waals surface area contributed by atoms with Gasteiger partial charge in [0, 0.05) is 62.2 Å². The maximum Gasteiger partial charge on any atom is 0.259 e. The van der Waals surface area contributed by atoms with E-state index in [4.69, 9.17) is 0 Å². The molecule has 1 N–H and O–H groups in total. The van der Waals surface area contributed by atoms with Crippen molar-refractivity contribution in [2.75, 3.05) is 30.4 Å². The summed E-state index contributed by atoms with van der Waals surface area (Å²) >= 11 is 0. The van der Waals surface area contributed by atoms with Gasteiger partial charge in [0.2, 0.25) is 0 Å². The fourth-order valence-corrected chi connectivity index (χ4v) is 4.37. The normalized spacial score (nSPS) is 19.4. The van der Waals surface area contributed by atoms with Crippen molar-refractivity contribution < 1.29 is 9.18 Å². The first-order valence-corrected chi connectivity index (χ1v) is 10.8. The number of aromatic nitrogens is 5. The van der Waals surface area contributed by atoms with Crippen LogP contribution in [0.5, 0.6) is 0 Å². The molecule has 0 saturated carbocycles. The van der Waals surface area contributed by atoms with E-state index in [-0.39, 0.29) is 11.2 Å². The van der Waals surface area contributed by atoms with Crippen LogP contribution >= 0.6 is 0 Å². The van der Waals surface area contributed by atoms with E-state index in [2.05, 4.69) is 55.9 Å². The summed E-state index contributed by atoms with van der Waals surface area (Å²) in [5, 5.41) is 2.76. The fourth-order valence-electron chi connectivity index (χ4n) is 4.37. The highest BCUT2D eigenvalue weighted by Gasteiger charge is 2.29. The van der Waals surface area contributed by atoms with E-state index in [1.807, 2.05) is 0 Å². The molecule has 0 aliphatic carbocycles. The zero-order valence-electron chi connectivity index (χ0n) is 18.9. The number of hydrogen-bond donors (Lipinski definition) is 1. The van der Waals surface area contributed by atoms with Crippen LogP contribution in [-0.2, 0) is 0 Å². The van der Waals surface area contributed by atoms with Crippen molar-refractivity contribution in [1.82, 2.24) is 29.2 Å². The number of likely N-dealkylation sites (N-methyl/N-ethyl adjacent to an activating group) is 1. The number of halogens is 1. The lowest BCUT2D eigenvalue weighted by Crippen LogP contribution is -2.55. The molecule has 0 spiro atoms. The Morgan fingerprint density at radius 2 is 1.79 bits per heavy atom. The van der Waals surface area contributed by atoms with Gasteiger partial charge < -0.3 is 14.6 Å². The largest absolute Gasteiger partial charge is 0.352 e. The van der Waals surface area contributed by atoms with E-state index in [0.717, 1.165) is 13.1 Å². The number of nitrogens with one attached hydrogen (secondary N) is 1. The third-order valence-electron chi connectivity index (χ3n) is 6.27. The van der Waals surface area contributed by atoms with Gasteiger partial charge in [-0.2, -0.15) is 0 Å². The fraction of sp³-hybridized carbons (Fsp3) is 0.348. The number of amides is 1. The number of fused-ring (bicyclic) bond motifs is 2. The number of piperazine rings is 1. The maximum atomic E-state index is 14.4. The molecule has 4 aromatic heterocycles. The van der Waals surface area contributed by atoms with Crippen molar-refractivity contribution in [3.63, 3.8) is 0 Å². The summed E-state index contributed by atoms with van der Waals surface area (Å²) in [5.74, 6) is -0.240. The quantitative estimate of drug-likeness (QED) is 0.515. The van der Waals surface area contributed by atoms with Gasteiger partial charge in [0.25, 0.3) is 5.91 Å². The Kier molecular flexibility index (Phi) is 5.16. The minimum absolute atomic E-state index is 0.212. The highest BCUT2D eigenvalue weighted by Crippen LogP contribution is 2.27. The summed E-state index contributed by atoms with van der Waals surface area (Å²) in [7, 11) is 2.12. The second-order valence-electron chi connectivity index (χ2n) is 8.66. The summed E-state index contributed by atoms with van der Waals surface area (Å²) in [6, 6.07) is 1.95. The molecule has 5 rings (SSSR count). The zero-order valence-corrected chi connectivity index (χ0v) is 18.9. The number of nitrogens with zero attached hydrogens (tertiary/aromatic N) is 7. The molecule has 1 aliphatic heterocycles. The van der Waals surface area contributed by atoms with Crippen molar-refractivity contribution in [3.8, 4) is 0 Å². The van der Waals surface area contributed by atoms with Gasteiger partial charge >= 0.3 is 0 Å². The minimum atomic E-state index is -0.516. The molecule has 33 heavy (non-hydrogen) atoms. The van der Waals surface area contributed by atoms with Gasteiger partial charge in [0.1, 0.15) is 11.0 Å². The average Bonchev–Trinajstić information content (AvgIpc) is 3.17. The molecule has 0 aromatic carbocycles. The number of hydrogen-bond acceptors (Lipinski definition) is 7. The van der Waals surface area contributed by atoms with Crippen molar-refractivity contribution in [1.29, 1.82) is 0 Å². The van der Waals surface area contributed by atoms with Crippen molar-refractivity contribution >= 4 is 34.1 Å². The van der Waals surface area contributed by atoms with Crippen LogP contribution in [0.4, 0.5) is 15.9 Å². The van der Waals surface area contributed by atoms with E-state index in [0.29, 0.717) is 40.3 Å². The smallest absolute Gasteiger partial charge is 0.259 e. The van der Waals surface area contributed by atoms with Gasteiger partial charge in [-0.1, -0.05) is 0 Å². The maximum absolute atomic E-state index is 14.4. The standard InChI is InChI=1S/C23H25FN8O/c1-13-9-31-12-16(7-18(24)21(31)28-13)29-23(33)17-8-27-22(20-19(17)25-5-6-26-20)32-10-14(2)30(4)15(3)11-32/h5-9,12,14-15H,10-11H2,1-4H3,(H,29,33)/t14-,15-/m1/s1. The highest BCUT2D eigenvalue weighted by atomic mass is 19.1. The number of carbonyl (C=O) groups is 1. The number of rotatable bonds is 3. The number of carbonyl (C=O) groups excluding carboxylic acids is 1. The van der Waals surface area contributed by atoms with Gasteiger partial charge in [-0.25, -0.2) is 19.3 Å². The Balaban J connectivity index is 1.49. The molecule has 0 unspecified atom stereocenters. The molecular weight excluding hydrogens is 423 g/mol. The second kappa shape index (κ2) is 8.04. The van der Waals surface area contributed by atoms with E-state index < -0.39 is 11.7 Å². The van der Waals surface area contributed by atoms with Gasteiger partial charge in [0.15, 0.2) is 17.3 Å². The predicted molar refractivity (Wildman–Crippen MR) is 124 cm³/mol. The molecular formula is C23H25FN8O. The van der Waals surface area contributed by atoms with Gasteiger partial charge in [-0.05, 0) is 27.8 Å². The molecule has 2 atom stereocenters. The van der Waals surface area contributed by atoms with Crippen LogP contribution in [0.25, 0.3) is 16.7 Å². The molecule has 9 nitrogen and oxygen atoms in total. The summed E-state index contributed by atoms with van der Waals surface area (Å²) in [5.41, 5.74) is 2.51. The predicted octanol–water partition coefficient (Wildman–Crippen LogP) is 2.90. The first-order chi connectivity index (χ1) is 15.8. The van der Waals surface area contributed by atoms with E-state index in [1.165, 1.54) is 12.3 Å². The lowest BCUT2D eigenvalue weighted by atomic mass is 10.1. The van der Waals surface area contributed by atoms with Crippen LogP contribution in [-0.4, -0.2) is 67.4 Å². The molecule has 1 amide bonds. The molecule has 0 bridgehead atoms. The molecule has 170 valence electrons. The molecule has 1 saturated heterocycles. The number of anilines is 2.